The lowest BCUT2D eigenvalue weighted by Crippen LogP contribution is -2.19. The molecule has 34 heavy (non-hydrogen) atoms. The topological polar surface area (TPSA) is 101 Å². The number of carbonyl (C=O) groups excluding carboxylic acids is 2. The van der Waals surface area contributed by atoms with Gasteiger partial charge in [-0.2, -0.15) is 10.2 Å². The molecule has 2 aromatic rings. The SMILES string of the molecule is CCCOc1ccc(/C=N/NC(=O)CCCCC(=O)N/N=C/c2ccc(OCCC)cc2)cc1. The van der Waals surface area contributed by atoms with Gasteiger partial charge in [0, 0.05) is 12.8 Å². The lowest BCUT2D eigenvalue weighted by atomic mass is 10.2. The first-order valence-electron chi connectivity index (χ1n) is 11.7. The number of amides is 2. The molecule has 0 aromatic heterocycles. The molecule has 0 bridgehead atoms. The van der Waals surface area contributed by atoms with E-state index >= 15 is 0 Å². The minimum absolute atomic E-state index is 0.191. The minimum atomic E-state index is -0.191. The Morgan fingerprint density at radius 3 is 1.44 bits per heavy atom. The molecule has 2 amide bonds. The van der Waals surface area contributed by atoms with Crippen molar-refractivity contribution in [1.29, 1.82) is 0 Å². The van der Waals surface area contributed by atoms with Crippen molar-refractivity contribution >= 4 is 24.2 Å². The fourth-order valence-electron chi connectivity index (χ4n) is 2.78. The fraction of sp³-hybridized carbons (Fsp3) is 0.385. The van der Waals surface area contributed by atoms with Gasteiger partial charge in [0.25, 0.3) is 0 Å². The van der Waals surface area contributed by atoms with Gasteiger partial charge in [-0.1, -0.05) is 13.8 Å². The average molecular weight is 467 g/mol. The largest absolute Gasteiger partial charge is 0.494 e. The zero-order valence-corrected chi connectivity index (χ0v) is 20.0. The summed E-state index contributed by atoms with van der Waals surface area (Å²) in [5.74, 6) is 1.24. The number of nitrogens with zero attached hydrogens (tertiary/aromatic N) is 2. The summed E-state index contributed by atoms with van der Waals surface area (Å²) in [7, 11) is 0. The van der Waals surface area contributed by atoms with Crippen molar-refractivity contribution < 1.29 is 19.1 Å². The lowest BCUT2D eigenvalue weighted by molar-refractivity contribution is -0.123. The van der Waals surface area contributed by atoms with Gasteiger partial charge in [0.1, 0.15) is 11.5 Å². The minimum Gasteiger partial charge on any atom is -0.494 e. The summed E-state index contributed by atoms with van der Waals surface area (Å²) in [6.45, 7) is 5.48. The van der Waals surface area contributed by atoms with Gasteiger partial charge >= 0.3 is 0 Å². The third-order valence-corrected chi connectivity index (χ3v) is 4.57. The summed E-state index contributed by atoms with van der Waals surface area (Å²) in [6, 6.07) is 15.0. The molecular formula is C26H34N4O4. The van der Waals surface area contributed by atoms with Gasteiger partial charge in [0.05, 0.1) is 25.6 Å². The van der Waals surface area contributed by atoms with Gasteiger partial charge in [0.2, 0.25) is 11.8 Å². The first-order chi connectivity index (χ1) is 16.6. The molecular weight excluding hydrogens is 432 g/mol. The third-order valence-electron chi connectivity index (χ3n) is 4.57. The summed E-state index contributed by atoms with van der Waals surface area (Å²) >= 11 is 0. The van der Waals surface area contributed by atoms with Crippen molar-refractivity contribution in [3.8, 4) is 11.5 Å². The van der Waals surface area contributed by atoms with E-state index < -0.39 is 0 Å². The average Bonchev–Trinajstić information content (AvgIpc) is 2.85. The number of benzene rings is 2. The second-order valence-corrected chi connectivity index (χ2v) is 7.63. The molecule has 0 aliphatic heterocycles. The highest BCUT2D eigenvalue weighted by molar-refractivity contribution is 5.83. The van der Waals surface area contributed by atoms with Gasteiger partial charge in [-0.3, -0.25) is 9.59 Å². The molecule has 2 aromatic carbocycles. The molecule has 2 N–H and O–H groups in total. The van der Waals surface area contributed by atoms with Crippen LogP contribution in [-0.4, -0.2) is 37.5 Å². The van der Waals surface area contributed by atoms with Crippen molar-refractivity contribution in [1.82, 2.24) is 10.9 Å². The summed E-state index contributed by atoms with van der Waals surface area (Å²) in [5.41, 5.74) is 6.73. The van der Waals surface area contributed by atoms with Crippen LogP contribution in [0.1, 0.15) is 63.5 Å². The number of unbranched alkanes of at least 4 members (excludes halogenated alkanes) is 1. The van der Waals surface area contributed by atoms with E-state index in [0.717, 1.165) is 35.5 Å². The molecule has 0 aliphatic rings. The van der Waals surface area contributed by atoms with E-state index in [2.05, 4.69) is 34.9 Å². The van der Waals surface area contributed by atoms with Gasteiger partial charge in [-0.15, -0.1) is 0 Å². The Hall–Kier alpha value is -3.68. The predicted octanol–water partition coefficient (Wildman–Crippen LogP) is 4.43. The maximum atomic E-state index is 11.9. The van der Waals surface area contributed by atoms with Gasteiger partial charge < -0.3 is 9.47 Å². The Kier molecular flexibility index (Phi) is 12.5. The van der Waals surface area contributed by atoms with Crippen LogP contribution in [0.5, 0.6) is 11.5 Å². The van der Waals surface area contributed by atoms with E-state index in [1.54, 1.807) is 12.4 Å². The zero-order valence-electron chi connectivity index (χ0n) is 20.0. The number of hydrogen-bond acceptors (Lipinski definition) is 6. The number of carbonyl (C=O) groups is 2. The van der Waals surface area contributed by atoms with E-state index in [4.69, 9.17) is 9.47 Å². The molecule has 0 unspecified atom stereocenters. The van der Waals surface area contributed by atoms with Crippen molar-refractivity contribution in [2.75, 3.05) is 13.2 Å². The zero-order chi connectivity index (χ0) is 24.4. The van der Waals surface area contributed by atoms with Gasteiger partial charge in [-0.25, -0.2) is 10.9 Å². The Labute approximate surface area is 201 Å². The fourth-order valence-corrected chi connectivity index (χ4v) is 2.78. The number of ether oxygens (including phenoxy) is 2. The number of hydrogen-bond donors (Lipinski definition) is 2. The number of rotatable bonds is 15. The highest BCUT2D eigenvalue weighted by Crippen LogP contribution is 2.12. The van der Waals surface area contributed by atoms with E-state index in [-0.39, 0.29) is 11.8 Å². The normalized spacial score (nSPS) is 11.0. The molecule has 2 rings (SSSR count). The van der Waals surface area contributed by atoms with Crippen LogP contribution in [0.25, 0.3) is 0 Å². The Morgan fingerprint density at radius 2 is 1.09 bits per heavy atom. The molecule has 8 nitrogen and oxygen atoms in total. The second-order valence-electron chi connectivity index (χ2n) is 7.63. The number of hydrazone groups is 2. The summed E-state index contributed by atoms with van der Waals surface area (Å²) < 4.78 is 11.1. The summed E-state index contributed by atoms with van der Waals surface area (Å²) in [5, 5.41) is 7.93. The Balaban J connectivity index is 1.57. The van der Waals surface area contributed by atoms with Gasteiger partial charge in [-0.05, 0) is 85.3 Å². The Morgan fingerprint density at radius 1 is 0.706 bits per heavy atom. The van der Waals surface area contributed by atoms with Crippen LogP contribution < -0.4 is 20.3 Å². The van der Waals surface area contributed by atoms with Crippen LogP contribution in [0.3, 0.4) is 0 Å². The highest BCUT2D eigenvalue weighted by atomic mass is 16.5. The van der Waals surface area contributed by atoms with Gasteiger partial charge in [0.15, 0.2) is 0 Å². The quantitative estimate of drug-likeness (QED) is 0.230. The monoisotopic (exact) mass is 466 g/mol. The molecule has 0 spiro atoms. The lowest BCUT2D eigenvalue weighted by Gasteiger charge is -2.04. The summed E-state index contributed by atoms with van der Waals surface area (Å²) in [4.78, 5) is 23.8. The molecule has 0 saturated heterocycles. The molecule has 0 fully saturated rings. The van der Waals surface area contributed by atoms with Crippen LogP contribution in [-0.2, 0) is 9.59 Å². The molecule has 8 heteroatoms. The predicted molar refractivity (Wildman–Crippen MR) is 134 cm³/mol. The third kappa shape index (κ3) is 11.3. The standard InChI is InChI=1S/C26H34N4O4/c1-3-17-33-23-13-9-21(10-14-23)19-27-29-25(31)7-5-6-8-26(32)30-28-20-22-11-15-24(16-12-22)34-18-4-2/h9-16,19-20H,3-8,17-18H2,1-2H3,(H,29,31)(H,30,32)/b27-19+,28-20+. The van der Waals surface area contributed by atoms with E-state index in [1.807, 2.05) is 48.5 Å². The smallest absolute Gasteiger partial charge is 0.240 e. The molecule has 182 valence electrons. The molecule has 0 saturated carbocycles. The van der Waals surface area contributed by atoms with E-state index in [0.29, 0.717) is 38.9 Å². The van der Waals surface area contributed by atoms with Crippen LogP contribution in [0, 0.1) is 0 Å². The first-order valence-corrected chi connectivity index (χ1v) is 11.7. The molecule has 0 aliphatic carbocycles. The summed E-state index contributed by atoms with van der Waals surface area (Å²) in [6.07, 6.45) is 6.84. The maximum absolute atomic E-state index is 11.9. The van der Waals surface area contributed by atoms with Crippen LogP contribution >= 0.6 is 0 Å². The van der Waals surface area contributed by atoms with Crippen LogP contribution in [0.15, 0.2) is 58.7 Å². The second kappa shape index (κ2) is 16.0. The molecule has 0 radical (unpaired) electrons. The highest BCUT2D eigenvalue weighted by Gasteiger charge is 2.03. The van der Waals surface area contributed by atoms with Crippen molar-refractivity contribution in [2.24, 2.45) is 10.2 Å². The Bertz CT molecular complexity index is 847. The van der Waals surface area contributed by atoms with Crippen molar-refractivity contribution in [2.45, 2.75) is 52.4 Å². The van der Waals surface area contributed by atoms with Crippen molar-refractivity contribution in [3.63, 3.8) is 0 Å². The van der Waals surface area contributed by atoms with Crippen LogP contribution in [0.2, 0.25) is 0 Å². The van der Waals surface area contributed by atoms with Crippen molar-refractivity contribution in [3.05, 3.63) is 59.7 Å². The maximum Gasteiger partial charge on any atom is 0.240 e. The van der Waals surface area contributed by atoms with E-state index in [9.17, 15) is 9.59 Å². The number of nitrogens with one attached hydrogen (secondary N) is 2. The first kappa shape index (κ1) is 26.6. The molecule has 0 atom stereocenters. The molecule has 0 heterocycles. The van der Waals surface area contributed by atoms with E-state index in [1.165, 1.54) is 0 Å². The van der Waals surface area contributed by atoms with Crippen LogP contribution in [0.4, 0.5) is 0 Å².